The molecule has 0 atom stereocenters. The summed E-state index contributed by atoms with van der Waals surface area (Å²) in [5.74, 6) is 0.0415. The van der Waals surface area contributed by atoms with Crippen molar-refractivity contribution >= 4 is 30.9 Å². The highest BCUT2D eigenvalue weighted by atomic mass is 32.2. The van der Waals surface area contributed by atoms with Crippen molar-refractivity contribution in [2.24, 2.45) is 0 Å². The van der Waals surface area contributed by atoms with E-state index in [1.165, 1.54) is 0 Å². The van der Waals surface area contributed by atoms with Crippen LogP contribution >= 0.6 is 0 Å². The Balaban J connectivity index is 1.63. The first-order valence-electron chi connectivity index (χ1n) is 9.51. The Hall–Kier alpha value is -1.65. The number of fused-ring (bicyclic) bond motifs is 1. The van der Waals surface area contributed by atoms with E-state index in [2.05, 4.69) is 14.7 Å². The second-order valence-corrected chi connectivity index (χ2v) is 12.0. The third-order valence-electron chi connectivity index (χ3n) is 5.07. The van der Waals surface area contributed by atoms with Gasteiger partial charge >= 0.3 is 0 Å². The fourth-order valence-electron chi connectivity index (χ4n) is 3.21. The zero-order chi connectivity index (χ0) is 20.5. The number of sulfonamides is 1. The van der Waals surface area contributed by atoms with Crippen molar-refractivity contribution in [2.75, 3.05) is 5.75 Å². The van der Waals surface area contributed by atoms with Gasteiger partial charge in [-0.1, -0.05) is 6.92 Å². The van der Waals surface area contributed by atoms with E-state index in [9.17, 15) is 16.8 Å². The lowest BCUT2D eigenvalue weighted by atomic mass is 9.94. The molecule has 0 unspecified atom stereocenters. The van der Waals surface area contributed by atoms with E-state index in [1.807, 2.05) is 0 Å². The van der Waals surface area contributed by atoms with Gasteiger partial charge in [0.25, 0.3) is 6.01 Å². The number of sulfone groups is 1. The van der Waals surface area contributed by atoms with Crippen LogP contribution in [-0.2, 0) is 19.9 Å². The molecule has 1 saturated carbocycles. The molecular weight excluding hydrogens is 402 g/mol. The van der Waals surface area contributed by atoms with Crippen LogP contribution in [-0.4, -0.2) is 50.0 Å². The van der Waals surface area contributed by atoms with Gasteiger partial charge in [0.1, 0.15) is 6.10 Å². The summed E-state index contributed by atoms with van der Waals surface area (Å²) in [6, 6.07) is 5.08. The van der Waals surface area contributed by atoms with Gasteiger partial charge in [-0.15, -0.1) is 0 Å². The molecule has 2 aromatic rings. The van der Waals surface area contributed by atoms with Crippen molar-refractivity contribution < 1.29 is 21.6 Å². The van der Waals surface area contributed by atoms with E-state index < -0.39 is 25.1 Å². The van der Waals surface area contributed by atoms with E-state index in [1.54, 1.807) is 39.0 Å². The summed E-state index contributed by atoms with van der Waals surface area (Å²) in [5.41, 5.74) is 1.26. The number of H-pyrrole nitrogens is 1. The Bertz CT molecular complexity index is 1040. The molecule has 0 saturated heterocycles. The maximum atomic E-state index is 12.0. The first-order valence-corrected chi connectivity index (χ1v) is 12.7. The topological polar surface area (TPSA) is 118 Å². The molecule has 1 aromatic heterocycles. The summed E-state index contributed by atoms with van der Waals surface area (Å²) in [6.07, 6.45) is 2.79. The third-order valence-corrected chi connectivity index (χ3v) is 8.71. The van der Waals surface area contributed by atoms with E-state index >= 15 is 0 Å². The largest absolute Gasteiger partial charge is 0.461 e. The van der Waals surface area contributed by atoms with Gasteiger partial charge < -0.3 is 9.72 Å². The minimum Gasteiger partial charge on any atom is -0.461 e. The second-order valence-electron chi connectivity index (χ2n) is 7.43. The quantitative estimate of drug-likeness (QED) is 0.698. The predicted octanol–water partition coefficient (Wildman–Crippen LogP) is 2.37. The van der Waals surface area contributed by atoms with Crippen LogP contribution in [0.5, 0.6) is 6.01 Å². The molecule has 28 heavy (non-hydrogen) atoms. The van der Waals surface area contributed by atoms with Crippen LogP contribution in [0.25, 0.3) is 11.0 Å². The number of hydrogen-bond acceptors (Lipinski definition) is 6. The van der Waals surface area contributed by atoms with Crippen LogP contribution in [0.3, 0.4) is 0 Å². The Kier molecular flexibility index (Phi) is 6.02. The number of aromatic nitrogens is 2. The van der Waals surface area contributed by atoms with E-state index in [4.69, 9.17) is 4.74 Å². The first kappa shape index (κ1) is 21.1. The number of ether oxygens (including phenoxy) is 1. The summed E-state index contributed by atoms with van der Waals surface area (Å²) >= 11 is 0. The fourth-order valence-corrected chi connectivity index (χ4v) is 5.08. The monoisotopic (exact) mass is 429 g/mol. The summed E-state index contributed by atoms with van der Waals surface area (Å²) in [7, 11) is -6.55. The van der Waals surface area contributed by atoms with Gasteiger partial charge in [0.2, 0.25) is 10.0 Å². The molecule has 0 aliphatic heterocycles. The maximum absolute atomic E-state index is 12.0. The van der Waals surface area contributed by atoms with Crippen LogP contribution < -0.4 is 9.46 Å². The molecule has 156 valence electrons. The summed E-state index contributed by atoms with van der Waals surface area (Å²) in [6.45, 7) is 4.93. The standard InChI is InChI=1S/C18H27N3O5S2/c1-4-27(22,23)15-9-10-16-17(11-15)20-18(19-16)26-14-7-5-13(6-8-14)21-28(24,25)12(2)3/h9-14,21H,4-8H2,1-3H3,(H,19,20). The number of nitrogens with one attached hydrogen (secondary N) is 2. The zero-order valence-electron chi connectivity index (χ0n) is 16.3. The minimum atomic E-state index is -3.28. The van der Waals surface area contributed by atoms with E-state index in [-0.39, 0.29) is 22.8 Å². The molecule has 1 aliphatic rings. The van der Waals surface area contributed by atoms with Gasteiger partial charge in [0.15, 0.2) is 9.84 Å². The molecule has 1 fully saturated rings. The number of hydrogen-bond donors (Lipinski definition) is 2. The van der Waals surface area contributed by atoms with Crippen molar-refractivity contribution in [3.63, 3.8) is 0 Å². The number of nitrogens with zero attached hydrogens (tertiary/aromatic N) is 1. The average Bonchev–Trinajstić information content (AvgIpc) is 3.04. The van der Waals surface area contributed by atoms with Crippen LogP contribution in [0.15, 0.2) is 23.1 Å². The third kappa shape index (κ3) is 4.66. The molecule has 0 bridgehead atoms. The van der Waals surface area contributed by atoms with Crippen LogP contribution in [0.4, 0.5) is 0 Å². The zero-order valence-corrected chi connectivity index (χ0v) is 17.9. The molecule has 0 amide bonds. The van der Waals surface area contributed by atoms with Crippen molar-refractivity contribution in [1.82, 2.24) is 14.7 Å². The summed E-state index contributed by atoms with van der Waals surface area (Å²) in [5, 5.41) is -0.446. The van der Waals surface area contributed by atoms with Gasteiger partial charge in [0.05, 0.1) is 26.9 Å². The Morgan fingerprint density at radius 2 is 1.86 bits per heavy atom. The lowest BCUT2D eigenvalue weighted by Crippen LogP contribution is -2.42. The van der Waals surface area contributed by atoms with Crippen molar-refractivity contribution in [2.45, 2.75) is 68.7 Å². The van der Waals surface area contributed by atoms with E-state index in [0.29, 0.717) is 29.9 Å². The molecule has 8 nitrogen and oxygen atoms in total. The van der Waals surface area contributed by atoms with Gasteiger partial charge in [-0.05, 0) is 57.7 Å². The van der Waals surface area contributed by atoms with Crippen molar-refractivity contribution in [3.8, 4) is 6.01 Å². The van der Waals surface area contributed by atoms with Crippen molar-refractivity contribution in [1.29, 1.82) is 0 Å². The lowest BCUT2D eigenvalue weighted by Gasteiger charge is -2.29. The average molecular weight is 430 g/mol. The highest BCUT2D eigenvalue weighted by Crippen LogP contribution is 2.26. The lowest BCUT2D eigenvalue weighted by molar-refractivity contribution is 0.134. The summed E-state index contributed by atoms with van der Waals surface area (Å²) < 4.78 is 56.7. The Labute approximate surface area is 166 Å². The highest BCUT2D eigenvalue weighted by Gasteiger charge is 2.27. The molecule has 1 aliphatic carbocycles. The molecule has 0 radical (unpaired) electrons. The van der Waals surface area contributed by atoms with Gasteiger partial charge in [-0.3, -0.25) is 0 Å². The van der Waals surface area contributed by atoms with Gasteiger partial charge in [-0.25, -0.2) is 21.6 Å². The smallest absolute Gasteiger partial charge is 0.294 e. The van der Waals surface area contributed by atoms with Crippen LogP contribution in [0, 0.1) is 0 Å². The van der Waals surface area contributed by atoms with Gasteiger partial charge in [0, 0.05) is 6.04 Å². The molecule has 0 spiro atoms. The Morgan fingerprint density at radius 3 is 2.46 bits per heavy atom. The Morgan fingerprint density at radius 1 is 1.18 bits per heavy atom. The highest BCUT2D eigenvalue weighted by molar-refractivity contribution is 7.91. The molecule has 3 rings (SSSR count). The molecule has 2 N–H and O–H groups in total. The molecule has 10 heteroatoms. The van der Waals surface area contributed by atoms with E-state index in [0.717, 1.165) is 12.8 Å². The summed E-state index contributed by atoms with van der Waals surface area (Å²) in [4.78, 5) is 7.67. The van der Waals surface area contributed by atoms with Crippen molar-refractivity contribution in [3.05, 3.63) is 18.2 Å². The number of rotatable bonds is 7. The number of aromatic amines is 1. The SMILES string of the molecule is CCS(=O)(=O)c1ccc2nc(OC3CCC(NS(=O)(=O)C(C)C)CC3)[nH]c2c1. The molecule has 1 aromatic carbocycles. The minimum absolute atomic E-state index is 0.0415. The van der Waals surface area contributed by atoms with Crippen LogP contribution in [0.2, 0.25) is 0 Å². The maximum Gasteiger partial charge on any atom is 0.294 e. The second kappa shape index (κ2) is 8.00. The first-order chi connectivity index (χ1) is 13.1. The molecular formula is C18H27N3O5S2. The molecule has 1 heterocycles. The van der Waals surface area contributed by atoms with Crippen LogP contribution in [0.1, 0.15) is 46.5 Å². The number of imidazole rings is 1. The normalized spacial score (nSPS) is 21.3. The van der Waals surface area contributed by atoms with Gasteiger partial charge in [-0.2, -0.15) is 4.98 Å². The predicted molar refractivity (Wildman–Crippen MR) is 108 cm³/mol. The fraction of sp³-hybridized carbons (Fsp3) is 0.611. The number of benzene rings is 1.